The van der Waals surface area contributed by atoms with Crippen molar-refractivity contribution in [1.82, 2.24) is 15.3 Å². The number of alkyl halides is 3. The van der Waals surface area contributed by atoms with Crippen molar-refractivity contribution < 1.29 is 22.4 Å². The van der Waals surface area contributed by atoms with Crippen LogP contribution in [0, 0.1) is 0 Å². The van der Waals surface area contributed by atoms with Gasteiger partial charge in [0.15, 0.2) is 0 Å². The number of amides is 1. The Labute approximate surface area is 179 Å². The average molecular weight is 433 g/mol. The van der Waals surface area contributed by atoms with Gasteiger partial charge in [0.1, 0.15) is 6.26 Å². The molecule has 4 rings (SSSR count). The molecule has 5 nitrogen and oxygen atoms in total. The van der Waals surface area contributed by atoms with Crippen molar-refractivity contribution >= 4 is 22.4 Å². The molecule has 1 amide bonds. The minimum Gasteiger partial charge on any atom is -0.447 e. The monoisotopic (exact) mass is 433 g/mol. The normalized spacial score (nSPS) is 12.9. The maximum Gasteiger partial charge on any atom is 0.379 e. The van der Waals surface area contributed by atoms with E-state index in [0.29, 0.717) is 11.5 Å². The van der Waals surface area contributed by atoms with Crippen LogP contribution < -0.4 is 5.32 Å². The second-order valence-corrected chi connectivity index (χ2v) is 6.43. The number of hydrogen-bond acceptors (Lipinski definition) is 4. The summed E-state index contributed by atoms with van der Waals surface area (Å²) in [5.41, 5.74) is 4.04. The number of carbonyl (C=O) groups excluding carboxylic acids is 1. The lowest BCUT2D eigenvalue weighted by Crippen LogP contribution is -2.23. The van der Waals surface area contributed by atoms with E-state index >= 15 is 0 Å². The summed E-state index contributed by atoms with van der Waals surface area (Å²) in [6.45, 7) is 0.594. The van der Waals surface area contributed by atoms with Crippen molar-refractivity contribution in [3.05, 3.63) is 66.0 Å². The summed E-state index contributed by atoms with van der Waals surface area (Å²) < 4.78 is 34.1. The van der Waals surface area contributed by atoms with Crippen LogP contribution in [0.5, 0.6) is 0 Å². The SMILES string of the molecule is CC.FC(F)F.O=C(NCc1ncco1)c1cnc2c(C3=CCCCC3)cccc2c1. The van der Waals surface area contributed by atoms with Crippen LogP contribution in [0.4, 0.5) is 13.2 Å². The molecule has 0 saturated heterocycles. The van der Waals surface area contributed by atoms with E-state index in [1.807, 2.05) is 32.0 Å². The standard InChI is InChI=1S/C20H19N3O2.C2H6.CHF3/c24-20(23-13-18-21-9-10-25-18)16-11-15-7-4-8-17(19(15)22-12-16)14-5-2-1-3-6-14;1-2;2-1(3)4/h4-5,7-12H,1-3,6,13H2,(H,23,24);1-2H3;1H. The first kappa shape index (κ1) is 24.1. The molecule has 8 heteroatoms. The predicted octanol–water partition coefficient (Wildman–Crippen LogP) is 6.31. The molecule has 0 spiro atoms. The van der Waals surface area contributed by atoms with Crippen LogP contribution in [0.3, 0.4) is 0 Å². The zero-order valence-electron chi connectivity index (χ0n) is 17.6. The molecule has 0 bridgehead atoms. The van der Waals surface area contributed by atoms with E-state index in [1.165, 1.54) is 30.2 Å². The summed E-state index contributed by atoms with van der Waals surface area (Å²) in [7, 11) is 0. The number of nitrogens with one attached hydrogen (secondary N) is 1. The molecule has 166 valence electrons. The van der Waals surface area contributed by atoms with E-state index in [0.717, 1.165) is 23.7 Å². The predicted molar refractivity (Wildman–Crippen MR) is 114 cm³/mol. The smallest absolute Gasteiger partial charge is 0.379 e. The van der Waals surface area contributed by atoms with Gasteiger partial charge in [-0.15, -0.1) is 0 Å². The van der Waals surface area contributed by atoms with E-state index in [9.17, 15) is 18.0 Å². The molecule has 0 fully saturated rings. The highest BCUT2D eigenvalue weighted by atomic mass is 19.4. The number of pyridine rings is 1. The molecule has 0 saturated carbocycles. The van der Waals surface area contributed by atoms with Crippen LogP contribution in [-0.2, 0) is 6.54 Å². The number of allylic oxidation sites excluding steroid dienone is 2. The summed E-state index contributed by atoms with van der Waals surface area (Å²) in [6.07, 6.45) is 11.7. The maximum atomic E-state index is 12.3. The summed E-state index contributed by atoms with van der Waals surface area (Å²) in [5, 5.41) is 3.78. The quantitative estimate of drug-likeness (QED) is 0.523. The zero-order chi connectivity index (χ0) is 22.6. The maximum absolute atomic E-state index is 12.3. The van der Waals surface area contributed by atoms with Crippen molar-refractivity contribution in [3.8, 4) is 0 Å². The first-order valence-corrected chi connectivity index (χ1v) is 10.2. The summed E-state index contributed by atoms with van der Waals surface area (Å²) >= 11 is 0. The molecule has 1 aliphatic rings. The van der Waals surface area contributed by atoms with Gasteiger partial charge in [-0.1, -0.05) is 38.1 Å². The summed E-state index contributed by atoms with van der Waals surface area (Å²) in [6, 6.07) is 8.04. The lowest BCUT2D eigenvalue weighted by atomic mass is 9.92. The molecule has 3 aromatic rings. The highest BCUT2D eigenvalue weighted by molar-refractivity contribution is 5.99. The van der Waals surface area contributed by atoms with Crippen LogP contribution >= 0.6 is 0 Å². The van der Waals surface area contributed by atoms with E-state index in [2.05, 4.69) is 27.4 Å². The number of benzene rings is 1. The largest absolute Gasteiger partial charge is 0.447 e. The molecule has 0 radical (unpaired) electrons. The van der Waals surface area contributed by atoms with Gasteiger partial charge >= 0.3 is 6.68 Å². The van der Waals surface area contributed by atoms with Gasteiger partial charge in [0.05, 0.1) is 23.8 Å². The molecule has 1 N–H and O–H groups in total. The molecular formula is C23H26F3N3O2. The number of fused-ring (bicyclic) bond motifs is 1. The van der Waals surface area contributed by atoms with Crippen molar-refractivity contribution in [1.29, 1.82) is 0 Å². The second-order valence-electron chi connectivity index (χ2n) is 6.43. The molecule has 2 heterocycles. The minimum absolute atomic E-state index is 0.185. The topological polar surface area (TPSA) is 68.0 Å². The van der Waals surface area contributed by atoms with E-state index in [-0.39, 0.29) is 12.5 Å². The molecule has 31 heavy (non-hydrogen) atoms. The van der Waals surface area contributed by atoms with Crippen LogP contribution in [0.1, 0.15) is 61.3 Å². The van der Waals surface area contributed by atoms with Gasteiger partial charge in [-0.25, -0.2) is 4.98 Å². The lowest BCUT2D eigenvalue weighted by molar-refractivity contribution is 0.00818. The van der Waals surface area contributed by atoms with Gasteiger partial charge in [-0.2, -0.15) is 13.2 Å². The number of aromatic nitrogens is 2. The van der Waals surface area contributed by atoms with Gasteiger partial charge in [0.25, 0.3) is 5.91 Å². The fourth-order valence-corrected chi connectivity index (χ4v) is 3.23. The molecule has 0 unspecified atom stereocenters. The Balaban J connectivity index is 0.000000513. The number of para-hydroxylation sites is 1. The number of oxazole rings is 1. The zero-order valence-corrected chi connectivity index (χ0v) is 17.6. The number of hydrogen-bond donors (Lipinski definition) is 1. The number of rotatable bonds is 4. The summed E-state index contributed by atoms with van der Waals surface area (Å²) in [5.74, 6) is 0.295. The Morgan fingerprint density at radius 1 is 1.19 bits per heavy atom. The first-order chi connectivity index (χ1) is 15.0. The van der Waals surface area contributed by atoms with Crippen molar-refractivity contribution in [3.63, 3.8) is 0 Å². The Hall–Kier alpha value is -3.16. The van der Waals surface area contributed by atoms with Gasteiger partial charge in [-0.3, -0.25) is 9.78 Å². The Kier molecular flexibility index (Phi) is 9.74. The Morgan fingerprint density at radius 3 is 2.61 bits per heavy atom. The van der Waals surface area contributed by atoms with E-state index in [4.69, 9.17) is 4.42 Å². The van der Waals surface area contributed by atoms with Crippen LogP contribution in [0.15, 0.2) is 53.4 Å². The Bertz CT molecular complexity index is 986. The number of carbonyl (C=O) groups is 1. The van der Waals surface area contributed by atoms with Crippen LogP contribution in [0.2, 0.25) is 0 Å². The van der Waals surface area contributed by atoms with Crippen molar-refractivity contribution in [2.45, 2.75) is 52.8 Å². The fraction of sp³-hybridized carbons (Fsp3) is 0.348. The molecule has 0 atom stereocenters. The van der Waals surface area contributed by atoms with Crippen molar-refractivity contribution in [2.75, 3.05) is 0 Å². The number of nitrogens with zero attached hydrogens (tertiary/aromatic N) is 2. The average Bonchev–Trinajstić information content (AvgIpc) is 3.32. The molecule has 2 aromatic heterocycles. The van der Waals surface area contributed by atoms with Gasteiger partial charge in [0.2, 0.25) is 5.89 Å². The Morgan fingerprint density at radius 2 is 1.97 bits per heavy atom. The van der Waals surface area contributed by atoms with Gasteiger partial charge < -0.3 is 9.73 Å². The van der Waals surface area contributed by atoms with Crippen molar-refractivity contribution in [2.24, 2.45) is 0 Å². The van der Waals surface area contributed by atoms with Gasteiger partial charge in [0, 0.05) is 17.1 Å². The van der Waals surface area contributed by atoms with E-state index in [1.54, 1.807) is 12.4 Å². The second kappa shape index (κ2) is 12.5. The third kappa shape index (κ3) is 7.24. The van der Waals surface area contributed by atoms with Crippen LogP contribution in [0.25, 0.3) is 16.5 Å². The minimum atomic E-state index is -3.67. The van der Waals surface area contributed by atoms with E-state index < -0.39 is 6.68 Å². The molecule has 1 aromatic carbocycles. The molecule has 0 aliphatic heterocycles. The van der Waals surface area contributed by atoms with Gasteiger partial charge in [-0.05, 0) is 37.3 Å². The molecular weight excluding hydrogens is 407 g/mol. The third-order valence-corrected chi connectivity index (χ3v) is 4.49. The highest BCUT2D eigenvalue weighted by Crippen LogP contribution is 2.31. The highest BCUT2D eigenvalue weighted by Gasteiger charge is 2.13. The fourth-order valence-electron chi connectivity index (χ4n) is 3.23. The summed E-state index contributed by atoms with van der Waals surface area (Å²) in [4.78, 5) is 20.9. The third-order valence-electron chi connectivity index (χ3n) is 4.49. The first-order valence-electron chi connectivity index (χ1n) is 10.2. The van der Waals surface area contributed by atoms with Crippen LogP contribution in [-0.4, -0.2) is 22.6 Å². The number of halogens is 3. The lowest BCUT2D eigenvalue weighted by Gasteiger charge is -2.14. The molecule has 1 aliphatic carbocycles.